The van der Waals surface area contributed by atoms with Gasteiger partial charge in [-0.25, -0.2) is 4.68 Å². The predicted octanol–water partition coefficient (Wildman–Crippen LogP) is 1.69. The number of carbonyl (C=O) groups excluding carboxylic acids is 1. The average molecular weight is 307 g/mol. The molecule has 1 aromatic heterocycles. The molecule has 0 saturated heterocycles. The van der Waals surface area contributed by atoms with Crippen LogP contribution in [0.2, 0.25) is 0 Å². The van der Waals surface area contributed by atoms with Crippen LogP contribution in [0.5, 0.6) is 0 Å². The van der Waals surface area contributed by atoms with Crippen LogP contribution in [0, 0.1) is 0 Å². The molecular weight excluding hydrogens is 290 g/mol. The molecule has 3 rings (SSSR count). The van der Waals surface area contributed by atoms with Crippen LogP contribution in [0.15, 0.2) is 60.9 Å². The Morgan fingerprint density at radius 3 is 2.48 bits per heavy atom. The van der Waals surface area contributed by atoms with E-state index < -0.39 is 0 Å². The molecule has 0 spiro atoms. The van der Waals surface area contributed by atoms with Gasteiger partial charge in [-0.2, -0.15) is 0 Å². The summed E-state index contributed by atoms with van der Waals surface area (Å²) in [5, 5.41) is 13.9. The summed E-state index contributed by atoms with van der Waals surface area (Å²) in [6, 6.07) is 17.6. The molecule has 0 unspecified atom stereocenters. The van der Waals surface area contributed by atoms with E-state index in [0.717, 1.165) is 12.0 Å². The highest BCUT2D eigenvalue weighted by atomic mass is 16.1. The molecule has 0 aliphatic heterocycles. The van der Waals surface area contributed by atoms with Crippen LogP contribution in [0.1, 0.15) is 21.5 Å². The van der Waals surface area contributed by atoms with E-state index >= 15 is 0 Å². The third-order valence-corrected chi connectivity index (χ3v) is 3.49. The van der Waals surface area contributed by atoms with Crippen LogP contribution < -0.4 is 5.32 Å². The molecule has 1 amide bonds. The molecule has 1 heterocycles. The molecule has 0 atom stereocenters. The van der Waals surface area contributed by atoms with E-state index in [9.17, 15) is 4.79 Å². The third kappa shape index (κ3) is 4.23. The highest BCUT2D eigenvalue weighted by Crippen LogP contribution is 2.06. The van der Waals surface area contributed by atoms with Gasteiger partial charge in [0.25, 0.3) is 5.91 Å². The Morgan fingerprint density at radius 1 is 1.00 bits per heavy atom. The molecule has 2 aromatic carbocycles. The molecule has 6 heteroatoms. The van der Waals surface area contributed by atoms with Gasteiger partial charge in [-0.15, -0.1) is 5.10 Å². The summed E-state index contributed by atoms with van der Waals surface area (Å²) in [4.78, 5) is 12.1. The molecular formula is C17H17N5O. The Hall–Kier alpha value is -3.02. The maximum absolute atomic E-state index is 12.1. The first-order chi connectivity index (χ1) is 11.3. The summed E-state index contributed by atoms with van der Waals surface area (Å²) in [6.07, 6.45) is 2.38. The number of benzene rings is 2. The smallest absolute Gasteiger partial charge is 0.251 e. The molecule has 6 nitrogen and oxygen atoms in total. The number of rotatable bonds is 6. The Kier molecular flexibility index (Phi) is 4.73. The van der Waals surface area contributed by atoms with Gasteiger partial charge in [0.2, 0.25) is 0 Å². The van der Waals surface area contributed by atoms with Crippen molar-refractivity contribution in [1.82, 2.24) is 25.5 Å². The highest BCUT2D eigenvalue weighted by Gasteiger charge is 2.05. The number of hydrogen-bond donors (Lipinski definition) is 1. The van der Waals surface area contributed by atoms with E-state index in [1.165, 1.54) is 5.56 Å². The first-order valence-corrected chi connectivity index (χ1v) is 7.43. The van der Waals surface area contributed by atoms with Crippen LogP contribution in [-0.2, 0) is 13.0 Å². The minimum absolute atomic E-state index is 0.0603. The zero-order valence-corrected chi connectivity index (χ0v) is 12.6. The van der Waals surface area contributed by atoms with Crippen molar-refractivity contribution in [3.63, 3.8) is 0 Å². The summed E-state index contributed by atoms with van der Waals surface area (Å²) >= 11 is 0. The van der Waals surface area contributed by atoms with Gasteiger partial charge in [0.15, 0.2) is 0 Å². The lowest BCUT2D eigenvalue weighted by Crippen LogP contribution is -2.25. The second kappa shape index (κ2) is 7.31. The number of nitrogens with zero attached hydrogens (tertiary/aromatic N) is 4. The van der Waals surface area contributed by atoms with Crippen molar-refractivity contribution in [1.29, 1.82) is 0 Å². The van der Waals surface area contributed by atoms with Gasteiger partial charge in [-0.3, -0.25) is 4.79 Å². The molecule has 0 aliphatic carbocycles. The van der Waals surface area contributed by atoms with E-state index in [2.05, 4.69) is 33.0 Å². The fourth-order valence-corrected chi connectivity index (χ4v) is 2.27. The normalized spacial score (nSPS) is 10.4. The molecule has 0 saturated carbocycles. The Morgan fingerprint density at radius 2 is 1.78 bits per heavy atom. The van der Waals surface area contributed by atoms with Crippen LogP contribution in [0.3, 0.4) is 0 Å². The fourth-order valence-electron chi connectivity index (χ4n) is 2.27. The lowest BCUT2D eigenvalue weighted by atomic mass is 10.1. The second-order valence-corrected chi connectivity index (χ2v) is 5.20. The molecule has 0 radical (unpaired) electrons. The molecule has 23 heavy (non-hydrogen) atoms. The van der Waals surface area contributed by atoms with Gasteiger partial charge >= 0.3 is 0 Å². The van der Waals surface area contributed by atoms with Gasteiger partial charge < -0.3 is 5.32 Å². The van der Waals surface area contributed by atoms with Crippen LogP contribution >= 0.6 is 0 Å². The Balaban J connectivity index is 1.51. The van der Waals surface area contributed by atoms with E-state index in [1.54, 1.807) is 11.0 Å². The highest BCUT2D eigenvalue weighted by molar-refractivity contribution is 5.94. The number of nitrogens with one attached hydrogen (secondary N) is 1. The fraction of sp³-hybridized carbons (Fsp3) is 0.176. The van der Waals surface area contributed by atoms with Crippen molar-refractivity contribution in [3.8, 4) is 0 Å². The third-order valence-electron chi connectivity index (χ3n) is 3.49. The van der Waals surface area contributed by atoms with Crippen molar-refractivity contribution < 1.29 is 4.79 Å². The quantitative estimate of drug-likeness (QED) is 0.752. The van der Waals surface area contributed by atoms with E-state index in [-0.39, 0.29) is 5.91 Å². The molecule has 3 aromatic rings. The van der Waals surface area contributed by atoms with Gasteiger partial charge in [-0.05, 0) is 40.1 Å². The minimum Gasteiger partial charge on any atom is -0.352 e. The van der Waals surface area contributed by atoms with Crippen molar-refractivity contribution >= 4 is 5.91 Å². The lowest BCUT2D eigenvalue weighted by Gasteiger charge is -2.06. The molecule has 0 bridgehead atoms. The monoisotopic (exact) mass is 307 g/mol. The topological polar surface area (TPSA) is 72.7 Å². The zero-order valence-electron chi connectivity index (χ0n) is 12.6. The lowest BCUT2D eigenvalue weighted by molar-refractivity contribution is 0.0954. The molecule has 0 aliphatic rings. The Labute approximate surface area is 134 Å². The zero-order chi connectivity index (χ0) is 15.9. The predicted molar refractivity (Wildman–Crippen MR) is 85.8 cm³/mol. The van der Waals surface area contributed by atoms with Crippen LogP contribution in [0.25, 0.3) is 0 Å². The van der Waals surface area contributed by atoms with Crippen molar-refractivity contribution in [2.45, 2.75) is 13.0 Å². The number of hydrogen-bond acceptors (Lipinski definition) is 4. The first kappa shape index (κ1) is 14.9. The van der Waals surface area contributed by atoms with Gasteiger partial charge in [0, 0.05) is 12.1 Å². The van der Waals surface area contributed by atoms with Gasteiger partial charge in [-0.1, -0.05) is 42.5 Å². The van der Waals surface area contributed by atoms with Gasteiger partial charge in [0.05, 0.1) is 6.54 Å². The number of tetrazole rings is 1. The van der Waals surface area contributed by atoms with E-state index in [0.29, 0.717) is 18.7 Å². The molecule has 116 valence electrons. The van der Waals surface area contributed by atoms with Crippen molar-refractivity contribution in [2.75, 3.05) is 6.54 Å². The first-order valence-electron chi connectivity index (χ1n) is 7.43. The Bertz CT molecular complexity index is 738. The largest absolute Gasteiger partial charge is 0.352 e. The number of amides is 1. The van der Waals surface area contributed by atoms with E-state index in [4.69, 9.17) is 0 Å². The summed E-state index contributed by atoms with van der Waals surface area (Å²) in [7, 11) is 0. The van der Waals surface area contributed by atoms with E-state index in [1.807, 2.05) is 42.5 Å². The van der Waals surface area contributed by atoms with Crippen LogP contribution in [0.4, 0.5) is 0 Å². The summed E-state index contributed by atoms with van der Waals surface area (Å²) in [5.41, 5.74) is 2.90. The average Bonchev–Trinajstić information content (AvgIpc) is 3.09. The minimum atomic E-state index is -0.0603. The number of aromatic nitrogens is 4. The maximum Gasteiger partial charge on any atom is 0.251 e. The summed E-state index contributed by atoms with van der Waals surface area (Å²) in [5.74, 6) is -0.0603. The van der Waals surface area contributed by atoms with Crippen LogP contribution in [-0.4, -0.2) is 32.7 Å². The van der Waals surface area contributed by atoms with Crippen molar-refractivity contribution in [2.24, 2.45) is 0 Å². The summed E-state index contributed by atoms with van der Waals surface area (Å²) < 4.78 is 1.63. The standard InChI is InChI=1S/C17H17N5O/c23-17(18-11-10-14-4-2-1-3-5-14)16-8-6-15(7-9-16)12-22-13-19-20-21-22/h1-9,13H,10-12H2,(H,18,23). The SMILES string of the molecule is O=C(NCCc1ccccc1)c1ccc(Cn2cnnn2)cc1. The maximum atomic E-state index is 12.1. The summed E-state index contributed by atoms with van der Waals surface area (Å²) in [6.45, 7) is 1.21. The molecule has 0 fully saturated rings. The number of carbonyl (C=O) groups is 1. The van der Waals surface area contributed by atoms with Gasteiger partial charge in [0.1, 0.15) is 6.33 Å². The van der Waals surface area contributed by atoms with Crippen molar-refractivity contribution in [3.05, 3.63) is 77.6 Å². The molecule has 1 N–H and O–H groups in total. The second-order valence-electron chi connectivity index (χ2n) is 5.20.